The van der Waals surface area contributed by atoms with Crippen LogP contribution in [0, 0.1) is 18.4 Å². The van der Waals surface area contributed by atoms with Crippen LogP contribution in [0.25, 0.3) is 0 Å². The van der Waals surface area contributed by atoms with Crippen molar-refractivity contribution in [3.8, 4) is 17.2 Å². The summed E-state index contributed by atoms with van der Waals surface area (Å²) < 4.78 is 4.90. The first-order valence-corrected chi connectivity index (χ1v) is 8.89. The van der Waals surface area contributed by atoms with E-state index in [-0.39, 0.29) is 0 Å². The lowest BCUT2D eigenvalue weighted by atomic mass is 10.1. The zero-order valence-electron chi connectivity index (χ0n) is 10.6. The maximum Gasteiger partial charge on any atom is 0.409 e. The third-order valence-electron chi connectivity index (χ3n) is 1.98. The largest absolute Gasteiger partial charge is 0.410 e. The van der Waals surface area contributed by atoms with Crippen LogP contribution in [0.4, 0.5) is 4.79 Å². The van der Waals surface area contributed by atoms with Crippen molar-refractivity contribution in [2.75, 3.05) is 0 Å². The van der Waals surface area contributed by atoms with Crippen LogP contribution in [-0.2, 0) is 0 Å². The molecule has 17 heavy (non-hydrogen) atoms. The number of carbonyl (C=O) groups excluding carboxylic acids is 1. The smallest absolute Gasteiger partial charge is 0.409 e. The van der Waals surface area contributed by atoms with E-state index in [4.69, 9.17) is 10.5 Å². The van der Waals surface area contributed by atoms with Crippen LogP contribution in [0.2, 0.25) is 19.6 Å². The summed E-state index contributed by atoms with van der Waals surface area (Å²) in [5, 5.41) is 0. The fourth-order valence-corrected chi connectivity index (χ4v) is 1.68. The molecule has 0 aromatic heterocycles. The molecule has 4 heteroatoms. The van der Waals surface area contributed by atoms with Gasteiger partial charge in [-0.25, -0.2) is 4.79 Å². The van der Waals surface area contributed by atoms with E-state index in [0.29, 0.717) is 5.75 Å². The number of rotatable bonds is 1. The monoisotopic (exact) mass is 247 g/mol. The van der Waals surface area contributed by atoms with Crippen LogP contribution in [0.15, 0.2) is 18.2 Å². The first-order valence-electron chi connectivity index (χ1n) is 5.39. The summed E-state index contributed by atoms with van der Waals surface area (Å²) in [6, 6.07) is 5.52. The third-order valence-corrected chi connectivity index (χ3v) is 2.86. The molecule has 1 amide bonds. The second kappa shape index (κ2) is 5.06. The SMILES string of the molecule is Cc1ccc(C#C[Si](C)(C)C)cc1OC(N)=O. The number of nitrogens with two attached hydrogens (primary N) is 1. The number of amides is 1. The molecule has 0 saturated carbocycles. The number of hydrogen-bond acceptors (Lipinski definition) is 2. The summed E-state index contributed by atoms with van der Waals surface area (Å²) in [6.45, 7) is 8.38. The average Bonchev–Trinajstić information content (AvgIpc) is 2.17. The van der Waals surface area contributed by atoms with Crippen molar-refractivity contribution in [3.05, 3.63) is 29.3 Å². The number of primary amides is 1. The first-order chi connectivity index (χ1) is 7.78. The second-order valence-corrected chi connectivity index (χ2v) is 9.65. The quantitative estimate of drug-likeness (QED) is 0.612. The van der Waals surface area contributed by atoms with E-state index in [0.717, 1.165) is 11.1 Å². The van der Waals surface area contributed by atoms with Crippen molar-refractivity contribution < 1.29 is 9.53 Å². The zero-order chi connectivity index (χ0) is 13.1. The number of ether oxygens (including phenoxy) is 1. The molecule has 2 N–H and O–H groups in total. The predicted molar refractivity (Wildman–Crippen MR) is 71.6 cm³/mol. The molecular formula is C13H17NO2Si. The van der Waals surface area contributed by atoms with Gasteiger partial charge in [-0.15, -0.1) is 5.54 Å². The van der Waals surface area contributed by atoms with Gasteiger partial charge in [0.1, 0.15) is 13.8 Å². The zero-order valence-corrected chi connectivity index (χ0v) is 11.6. The Bertz CT molecular complexity index is 492. The van der Waals surface area contributed by atoms with Crippen molar-refractivity contribution in [2.24, 2.45) is 5.73 Å². The molecule has 0 unspecified atom stereocenters. The predicted octanol–water partition coefficient (Wildman–Crippen LogP) is 2.68. The fraction of sp³-hybridized carbons (Fsp3) is 0.308. The highest BCUT2D eigenvalue weighted by Crippen LogP contribution is 2.19. The summed E-state index contributed by atoms with van der Waals surface area (Å²) in [5.74, 6) is 3.58. The van der Waals surface area contributed by atoms with Gasteiger partial charge in [0.15, 0.2) is 0 Å². The minimum atomic E-state index is -1.40. The maximum atomic E-state index is 10.7. The number of aryl methyl sites for hydroxylation is 1. The van der Waals surface area contributed by atoms with Gasteiger partial charge in [-0.05, 0) is 24.6 Å². The molecule has 0 aliphatic rings. The normalized spacial score (nSPS) is 10.4. The van der Waals surface area contributed by atoms with Gasteiger partial charge in [-0.3, -0.25) is 0 Å². The standard InChI is InChI=1S/C13H17NO2Si/c1-10-5-6-11(7-8-17(2,3)4)9-12(10)16-13(14)15/h5-6,9H,1-4H3,(H2,14,15). The highest BCUT2D eigenvalue weighted by Gasteiger charge is 2.08. The molecule has 1 rings (SSSR count). The van der Waals surface area contributed by atoms with E-state index in [1.54, 1.807) is 6.07 Å². The van der Waals surface area contributed by atoms with Gasteiger partial charge in [0.05, 0.1) is 0 Å². The Balaban J connectivity index is 3.03. The van der Waals surface area contributed by atoms with Crippen molar-refractivity contribution in [2.45, 2.75) is 26.6 Å². The molecule has 0 spiro atoms. The fourth-order valence-electron chi connectivity index (χ4n) is 1.16. The Morgan fingerprint density at radius 2 is 2.00 bits per heavy atom. The number of benzene rings is 1. The molecule has 1 aromatic carbocycles. The minimum absolute atomic E-state index is 0.472. The Hall–Kier alpha value is -1.73. The number of hydrogen-bond donors (Lipinski definition) is 1. The van der Waals surface area contributed by atoms with Crippen molar-refractivity contribution in [1.82, 2.24) is 0 Å². The lowest BCUT2D eigenvalue weighted by Gasteiger charge is -2.06. The summed E-state index contributed by atoms with van der Waals surface area (Å²) in [7, 11) is -1.40. The third kappa shape index (κ3) is 4.75. The molecule has 3 nitrogen and oxygen atoms in total. The van der Waals surface area contributed by atoms with Gasteiger partial charge >= 0.3 is 6.09 Å². The molecule has 1 aromatic rings. The minimum Gasteiger partial charge on any atom is -0.410 e. The Kier molecular flexibility index (Phi) is 3.97. The summed E-state index contributed by atoms with van der Waals surface area (Å²) in [6.07, 6.45) is -0.802. The summed E-state index contributed by atoms with van der Waals surface area (Å²) in [5.41, 5.74) is 9.96. The maximum absolute atomic E-state index is 10.7. The highest BCUT2D eigenvalue weighted by atomic mass is 28.3. The molecular weight excluding hydrogens is 230 g/mol. The van der Waals surface area contributed by atoms with Crippen LogP contribution in [-0.4, -0.2) is 14.2 Å². The van der Waals surface area contributed by atoms with Crippen LogP contribution in [0.5, 0.6) is 5.75 Å². The van der Waals surface area contributed by atoms with E-state index >= 15 is 0 Å². The summed E-state index contributed by atoms with van der Waals surface area (Å²) in [4.78, 5) is 10.7. The van der Waals surface area contributed by atoms with Gasteiger partial charge in [-0.2, -0.15) is 0 Å². The average molecular weight is 247 g/mol. The van der Waals surface area contributed by atoms with Crippen LogP contribution < -0.4 is 10.5 Å². The highest BCUT2D eigenvalue weighted by molar-refractivity contribution is 6.83. The lowest BCUT2D eigenvalue weighted by Crippen LogP contribution is -2.17. The van der Waals surface area contributed by atoms with Crippen molar-refractivity contribution in [3.63, 3.8) is 0 Å². The molecule has 0 fully saturated rings. The van der Waals surface area contributed by atoms with Crippen LogP contribution in [0.3, 0.4) is 0 Å². The van der Waals surface area contributed by atoms with E-state index in [9.17, 15) is 4.79 Å². The lowest BCUT2D eigenvalue weighted by molar-refractivity contribution is 0.210. The molecule has 0 bridgehead atoms. The molecule has 0 aliphatic heterocycles. The van der Waals surface area contributed by atoms with Crippen LogP contribution >= 0.6 is 0 Å². The second-order valence-electron chi connectivity index (χ2n) is 4.90. The first kappa shape index (κ1) is 13.3. The molecule has 0 aliphatic carbocycles. The molecule has 0 saturated heterocycles. The Morgan fingerprint density at radius 1 is 1.35 bits per heavy atom. The van der Waals surface area contributed by atoms with Gasteiger partial charge in [0.25, 0.3) is 0 Å². The molecule has 0 atom stereocenters. The molecule has 90 valence electrons. The van der Waals surface area contributed by atoms with E-state index < -0.39 is 14.2 Å². The number of carbonyl (C=O) groups is 1. The Morgan fingerprint density at radius 3 is 2.53 bits per heavy atom. The van der Waals surface area contributed by atoms with Crippen LogP contribution in [0.1, 0.15) is 11.1 Å². The summed E-state index contributed by atoms with van der Waals surface area (Å²) >= 11 is 0. The van der Waals surface area contributed by atoms with Crippen molar-refractivity contribution in [1.29, 1.82) is 0 Å². The van der Waals surface area contributed by atoms with E-state index in [1.807, 2.05) is 19.1 Å². The topological polar surface area (TPSA) is 52.3 Å². The van der Waals surface area contributed by atoms with Gasteiger partial charge in [0, 0.05) is 5.56 Å². The van der Waals surface area contributed by atoms with E-state index in [1.165, 1.54) is 0 Å². The van der Waals surface area contributed by atoms with Gasteiger partial charge < -0.3 is 10.5 Å². The van der Waals surface area contributed by atoms with E-state index in [2.05, 4.69) is 31.1 Å². The molecule has 0 radical (unpaired) electrons. The Labute approximate surface area is 103 Å². The van der Waals surface area contributed by atoms with Gasteiger partial charge in [0.2, 0.25) is 0 Å². The van der Waals surface area contributed by atoms with Crippen molar-refractivity contribution >= 4 is 14.2 Å². The van der Waals surface area contributed by atoms with Gasteiger partial charge in [-0.1, -0.05) is 31.6 Å². The molecule has 0 heterocycles.